The first kappa shape index (κ1) is 12.5. The number of nitrogens with one attached hydrogen (secondary N) is 1. The summed E-state index contributed by atoms with van der Waals surface area (Å²) in [4.78, 5) is 7.70. The summed E-state index contributed by atoms with van der Waals surface area (Å²) in [6.07, 6.45) is 4.00. The molecular formula is C14H18N2O2. The molecule has 18 heavy (non-hydrogen) atoms. The summed E-state index contributed by atoms with van der Waals surface area (Å²) in [5, 5.41) is 0. The van der Waals surface area contributed by atoms with Gasteiger partial charge in [0, 0.05) is 17.5 Å². The van der Waals surface area contributed by atoms with E-state index in [1.165, 1.54) is 0 Å². The zero-order valence-corrected chi connectivity index (χ0v) is 11.0. The van der Waals surface area contributed by atoms with Crippen molar-refractivity contribution in [2.75, 3.05) is 14.2 Å². The minimum Gasteiger partial charge on any atom is -0.493 e. The monoisotopic (exact) mass is 246 g/mol. The van der Waals surface area contributed by atoms with Gasteiger partial charge in [0.2, 0.25) is 0 Å². The number of aromatic nitrogens is 2. The normalized spacial score (nSPS) is 10.4. The van der Waals surface area contributed by atoms with Crippen molar-refractivity contribution in [3.63, 3.8) is 0 Å². The van der Waals surface area contributed by atoms with Crippen LogP contribution in [0.15, 0.2) is 24.4 Å². The molecule has 0 fully saturated rings. The van der Waals surface area contributed by atoms with Crippen molar-refractivity contribution in [2.24, 2.45) is 0 Å². The number of aromatic amines is 1. The number of benzene rings is 1. The number of imidazole rings is 1. The molecule has 0 aliphatic carbocycles. The molecule has 1 heterocycles. The van der Waals surface area contributed by atoms with E-state index in [1.54, 1.807) is 14.2 Å². The first-order chi connectivity index (χ1) is 8.78. The second kappa shape index (κ2) is 5.58. The van der Waals surface area contributed by atoms with Crippen molar-refractivity contribution in [3.8, 4) is 22.9 Å². The van der Waals surface area contributed by atoms with Crippen LogP contribution in [-0.2, 0) is 6.42 Å². The number of rotatable bonds is 5. The summed E-state index contributed by atoms with van der Waals surface area (Å²) < 4.78 is 10.5. The molecule has 0 unspecified atom stereocenters. The molecule has 0 radical (unpaired) electrons. The van der Waals surface area contributed by atoms with E-state index in [2.05, 4.69) is 16.9 Å². The number of H-pyrrole nitrogens is 1. The largest absolute Gasteiger partial charge is 0.493 e. The standard InChI is InChI=1S/C14H18N2O2/c1-4-5-11-9-15-14(16-11)10-6-7-12(17-2)13(8-10)18-3/h6-9H,4-5H2,1-3H3,(H,15,16). The second-order valence-electron chi connectivity index (χ2n) is 4.08. The summed E-state index contributed by atoms with van der Waals surface area (Å²) in [5.41, 5.74) is 2.15. The van der Waals surface area contributed by atoms with Gasteiger partial charge in [0.15, 0.2) is 11.5 Å². The summed E-state index contributed by atoms with van der Waals surface area (Å²) in [6, 6.07) is 5.78. The molecule has 1 aromatic carbocycles. The van der Waals surface area contributed by atoms with Crippen LogP contribution >= 0.6 is 0 Å². The van der Waals surface area contributed by atoms with Gasteiger partial charge in [-0.15, -0.1) is 0 Å². The fraction of sp³-hybridized carbons (Fsp3) is 0.357. The van der Waals surface area contributed by atoms with Gasteiger partial charge in [-0.05, 0) is 24.6 Å². The van der Waals surface area contributed by atoms with Crippen LogP contribution in [0.4, 0.5) is 0 Å². The highest BCUT2D eigenvalue weighted by Gasteiger charge is 2.08. The highest BCUT2D eigenvalue weighted by Crippen LogP contribution is 2.31. The number of aryl methyl sites for hydroxylation is 1. The average Bonchev–Trinajstić information content (AvgIpc) is 2.87. The molecule has 1 aromatic heterocycles. The van der Waals surface area contributed by atoms with Crippen LogP contribution in [-0.4, -0.2) is 24.2 Å². The highest BCUT2D eigenvalue weighted by molar-refractivity contribution is 5.61. The maximum atomic E-state index is 5.29. The Morgan fingerprint density at radius 2 is 1.94 bits per heavy atom. The Morgan fingerprint density at radius 3 is 2.61 bits per heavy atom. The van der Waals surface area contributed by atoms with Crippen LogP contribution in [0.25, 0.3) is 11.4 Å². The van der Waals surface area contributed by atoms with Crippen molar-refractivity contribution >= 4 is 0 Å². The minimum atomic E-state index is 0.712. The number of methoxy groups -OCH3 is 2. The van der Waals surface area contributed by atoms with E-state index in [-0.39, 0.29) is 0 Å². The van der Waals surface area contributed by atoms with E-state index in [0.717, 1.165) is 35.7 Å². The molecule has 0 spiro atoms. The molecule has 4 heteroatoms. The smallest absolute Gasteiger partial charge is 0.161 e. The van der Waals surface area contributed by atoms with Gasteiger partial charge in [0.05, 0.1) is 14.2 Å². The molecule has 96 valence electrons. The van der Waals surface area contributed by atoms with Crippen LogP contribution in [0.2, 0.25) is 0 Å². The molecule has 0 aliphatic rings. The summed E-state index contributed by atoms with van der Waals surface area (Å²) in [6.45, 7) is 2.15. The Balaban J connectivity index is 2.31. The Morgan fingerprint density at radius 1 is 1.17 bits per heavy atom. The maximum absolute atomic E-state index is 5.29. The third-order valence-electron chi connectivity index (χ3n) is 2.80. The Labute approximate surface area is 107 Å². The van der Waals surface area contributed by atoms with Gasteiger partial charge >= 0.3 is 0 Å². The molecule has 0 saturated carbocycles. The summed E-state index contributed by atoms with van der Waals surface area (Å²) in [7, 11) is 3.26. The van der Waals surface area contributed by atoms with E-state index < -0.39 is 0 Å². The molecule has 2 rings (SSSR count). The molecular weight excluding hydrogens is 228 g/mol. The third kappa shape index (κ3) is 2.47. The lowest BCUT2D eigenvalue weighted by Crippen LogP contribution is -1.91. The lowest BCUT2D eigenvalue weighted by molar-refractivity contribution is 0.355. The summed E-state index contributed by atoms with van der Waals surface area (Å²) in [5.74, 6) is 2.30. The van der Waals surface area contributed by atoms with E-state index in [0.29, 0.717) is 5.75 Å². The quantitative estimate of drug-likeness (QED) is 0.882. The first-order valence-corrected chi connectivity index (χ1v) is 6.04. The second-order valence-corrected chi connectivity index (χ2v) is 4.08. The van der Waals surface area contributed by atoms with Gasteiger partial charge in [-0.2, -0.15) is 0 Å². The highest BCUT2D eigenvalue weighted by atomic mass is 16.5. The van der Waals surface area contributed by atoms with E-state index >= 15 is 0 Å². The third-order valence-corrected chi connectivity index (χ3v) is 2.80. The number of ether oxygens (including phenoxy) is 2. The lowest BCUT2D eigenvalue weighted by Gasteiger charge is -2.08. The average molecular weight is 246 g/mol. The molecule has 0 saturated heterocycles. The predicted molar refractivity (Wildman–Crippen MR) is 71.1 cm³/mol. The van der Waals surface area contributed by atoms with Crippen LogP contribution in [0.1, 0.15) is 19.0 Å². The van der Waals surface area contributed by atoms with Crippen LogP contribution < -0.4 is 9.47 Å². The minimum absolute atomic E-state index is 0.712. The zero-order valence-electron chi connectivity index (χ0n) is 11.0. The van der Waals surface area contributed by atoms with Crippen molar-refractivity contribution in [2.45, 2.75) is 19.8 Å². The summed E-state index contributed by atoms with van der Waals surface area (Å²) >= 11 is 0. The maximum Gasteiger partial charge on any atom is 0.161 e. The topological polar surface area (TPSA) is 47.1 Å². The van der Waals surface area contributed by atoms with E-state index in [1.807, 2.05) is 24.4 Å². The predicted octanol–water partition coefficient (Wildman–Crippen LogP) is 3.05. The molecule has 0 amide bonds. The van der Waals surface area contributed by atoms with Crippen molar-refractivity contribution in [1.29, 1.82) is 0 Å². The fourth-order valence-electron chi connectivity index (χ4n) is 1.89. The SMILES string of the molecule is CCCc1cnc(-c2ccc(OC)c(OC)c2)[nH]1. The molecule has 4 nitrogen and oxygen atoms in total. The van der Waals surface area contributed by atoms with Crippen LogP contribution in [0.3, 0.4) is 0 Å². The Kier molecular flexibility index (Phi) is 3.87. The lowest BCUT2D eigenvalue weighted by atomic mass is 10.2. The molecule has 0 bridgehead atoms. The van der Waals surface area contributed by atoms with Crippen molar-refractivity contribution in [1.82, 2.24) is 9.97 Å². The number of hydrogen-bond acceptors (Lipinski definition) is 3. The molecule has 0 aliphatic heterocycles. The van der Waals surface area contributed by atoms with Gasteiger partial charge in [0.1, 0.15) is 5.82 Å². The molecule has 0 atom stereocenters. The van der Waals surface area contributed by atoms with Crippen LogP contribution in [0.5, 0.6) is 11.5 Å². The van der Waals surface area contributed by atoms with Gasteiger partial charge in [0.25, 0.3) is 0 Å². The first-order valence-electron chi connectivity index (χ1n) is 6.04. The molecule has 2 aromatic rings. The van der Waals surface area contributed by atoms with Crippen molar-refractivity contribution < 1.29 is 9.47 Å². The molecule has 1 N–H and O–H groups in total. The number of nitrogens with zero attached hydrogens (tertiary/aromatic N) is 1. The van der Waals surface area contributed by atoms with Gasteiger partial charge in [-0.25, -0.2) is 4.98 Å². The van der Waals surface area contributed by atoms with Crippen molar-refractivity contribution in [3.05, 3.63) is 30.1 Å². The van der Waals surface area contributed by atoms with Crippen LogP contribution in [0, 0.1) is 0 Å². The van der Waals surface area contributed by atoms with Gasteiger partial charge in [-0.3, -0.25) is 0 Å². The number of hydrogen-bond donors (Lipinski definition) is 1. The van der Waals surface area contributed by atoms with Gasteiger partial charge < -0.3 is 14.5 Å². The van der Waals surface area contributed by atoms with E-state index in [9.17, 15) is 0 Å². The van der Waals surface area contributed by atoms with E-state index in [4.69, 9.17) is 9.47 Å². The van der Waals surface area contributed by atoms with Gasteiger partial charge in [-0.1, -0.05) is 13.3 Å². The Bertz CT molecular complexity index is 520. The Hall–Kier alpha value is -1.97. The fourth-order valence-corrected chi connectivity index (χ4v) is 1.89. The zero-order chi connectivity index (χ0) is 13.0.